The normalized spacial score (nSPS) is 48.5. The minimum Gasteiger partial charge on any atom is -0.0622 e. The first-order chi connectivity index (χ1) is 5.77. The molecule has 0 aliphatic heterocycles. The molecule has 0 aromatic carbocycles. The van der Waals surface area contributed by atoms with Gasteiger partial charge in [-0.05, 0) is 36.5 Å². The van der Waals surface area contributed by atoms with Gasteiger partial charge in [-0.2, -0.15) is 0 Å². The molecule has 0 amide bonds. The summed E-state index contributed by atoms with van der Waals surface area (Å²) < 4.78 is 0. The molecule has 2 fully saturated rings. The molecular formula is C12H22. The fourth-order valence-electron chi connectivity index (χ4n) is 3.32. The van der Waals surface area contributed by atoms with Gasteiger partial charge in [0.2, 0.25) is 0 Å². The summed E-state index contributed by atoms with van der Waals surface area (Å²) in [6.07, 6.45) is 9.19. The second-order valence-corrected chi connectivity index (χ2v) is 5.23. The molecule has 0 aromatic rings. The van der Waals surface area contributed by atoms with Crippen LogP contribution < -0.4 is 0 Å². The van der Waals surface area contributed by atoms with E-state index in [-0.39, 0.29) is 0 Å². The second-order valence-electron chi connectivity index (χ2n) is 5.23. The van der Waals surface area contributed by atoms with Crippen molar-refractivity contribution in [2.75, 3.05) is 0 Å². The van der Waals surface area contributed by atoms with Gasteiger partial charge >= 0.3 is 0 Å². The van der Waals surface area contributed by atoms with E-state index in [1.54, 1.807) is 12.8 Å². The minimum atomic E-state index is 1.00. The van der Waals surface area contributed by atoms with Crippen LogP contribution in [0.5, 0.6) is 0 Å². The summed E-state index contributed by atoms with van der Waals surface area (Å²) in [5.74, 6) is 4.24. The third-order valence-corrected chi connectivity index (χ3v) is 4.39. The van der Waals surface area contributed by atoms with E-state index in [9.17, 15) is 0 Å². The van der Waals surface area contributed by atoms with Gasteiger partial charge in [-0.3, -0.25) is 0 Å². The number of hydrogen-bond acceptors (Lipinski definition) is 0. The Morgan fingerprint density at radius 1 is 0.750 bits per heavy atom. The molecular weight excluding hydrogens is 144 g/mol. The third-order valence-electron chi connectivity index (χ3n) is 4.39. The molecule has 0 bridgehead atoms. The molecule has 12 heavy (non-hydrogen) atoms. The zero-order valence-corrected chi connectivity index (χ0v) is 8.55. The summed E-state index contributed by atoms with van der Waals surface area (Å²) >= 11 is 0. The summed E-state index contributed by atoms with van der Waals surface area (Å²) in [4.78, 5) is 0. The van der Waals surface area contributed by atoms with Gasteiger partial charge in [-0.1, -0.05) is 39.5 Å². The first-order valence-electron chi connectivity index (χ1n) is 5.77. The fourth-order valence-corrected chi connectivity index (χ4v) is 3.32. The maximum Gasteiger partial charge on any atom is -0.0383 e. The van der Waals surface area contributed by atoms with Gasteiger partial charge in [-0.25, -0.2) is 0 Å². The zero-order valence-electron chi connectivity index (χ0n) is 8.55. The van der Waals surface area contributed by atoms with Gasteiger partial charge in [-0.15, -0.1) is 0 Å². The van der Waals surface area contributed by atoms with Crippen molar-refractivity contribution >= 4 is 0 Å². The van der Waals surface area contributed by atoms with Crippen molar-refractivity contribution in [3.63, 3.8) is 0 Å². The van der Waals surface area contributed by atoms with Crippen molar-refractivity contribution < 1.29 is 0 Å². The summed E-state index contributed by atoms with van der Waals surface area (Å²) in [6, 6.07) is 0. The Labute approximate surface area is 76.7 Å². The van der Waals surface area contributed by atoms with Crippen molar-refractivity contribution in [2.24, 2.45) is 23.7 Å². The molecule has 70 valence electrons. The van der Waals surface area contributed by atoms with Crippen molar-refractivity contribution in [2.45, 2.75) is 52.4 Å². The monoisotopic (exact) mass is 166 g/mol. The van der Waals surface area contributed by atoms with Gasteiger partial charge in [0.15, 0.2) is 0 Å². The summed E-state index contributed by atoms with van der Waals surface area (Å²) in [7, 11) is 0. The van der Waals surface area contributed by atoms with Gasteiger partial charge in [0.05, 0.1) is 0 Å². The summed E-state index contributed by atoms with van der Waals surface area (Å²) in [6.45, 7) is 4.91. The molecule has 4 atom stereocenters. The maximum atomic E-state index is 2.45. The Bertz CT molecular complexity index is 132. The van der Waals surface area contributed by atoms with Crippen LogP contribution in [0.4, 0.5) is 0 Å². The SMILES string of the molecule is C[C@@H]1C[C@@H]2CCCC[C@H]2C[C@@H]1C. The van der Waals surface area contributed by atoms with Crippen LogP contribution in [0, 0.1) is 23.7 Å². The van der Waals surface area contributed by atoms with Gasteiger partial charge < -0.3 is 0 Å². The molecule has 2 saturated carbocycles. The lowest BCUT2D eigenvalue weighted by Gasteiger charge is -2.41. The topological polar surface area (TPSA) is 0 Å². The highest BCUT2D eigenvalue weighted by atomic mass is 14.4. The van der Waals surface area contributed by atoms with Crippen molar-refractivity contribution in [3.05, 3.63) is 0 Å². The molecule has 0 radical (unpaired) electrons. The molecule has 0 N–H and O–H groups in total. The molecule has 0 unspecified atom stereocenters. The van der Waals surface area contributed by atoms with Crippen molar-refractivity contribution in [3.8, 4) is 0 Å². The molecule has 0 nitrogen and oxygen atoms in total. The van der Waals surface area contributed by atoms with E-state index >= 15 is 0 Å². The van der Waals surface area contributed by atoms with Crippen LogP contribution in [0.1, 0.15) is 52.4 Å². The van der Waals surface area contributed by atoms with E-state index in [4.69, 9.17) is 0 Å². The number of fused-ring (bicyclic) bond motifs is 1. The van der Waals surface area contributed by atoms with E-state index in [1.807, 2.05) is 0 Å². The standard InChI is InChI=1S/C12H22/c1-9-7-11-5-3-4-6-12(11)8-10(9)2/h9-12H,3-8H2,1-2H3/t9-,10+,11-,12-/m0/s1. The molecule has 0 spiro atoms. The van der Waals surface area contributed by atoms with E-state index in [1.165, 1.54) is 25.7 Å². The molecule has 2 aliphatic rings. The molecule has 0 heteroatoms. The van der Waals surface area contributed by atoms with Crippen LogP contribution in [-0.4, -0.2) is 0 Å². The second kappa shape index (κ2) is 3.40. The maximum absolute atomic E-state index is 2.45. The Hall–Kier alpha value is 0. The van der Waals surface area contributed by atoms with Crippen LogP contribution in [0.3, 0.4) is 0 Å². The highest BCUT2D eigenvalue weighted by Gasteiger charge is 2.33. The number of hydrogen-bond donors (Lipinski definition) is 0. The third kappa shape index (κ3) is 1.53. The number of rotatable bonds is 0. The Morgan fingerprint density at radius 2 is 1.17 bits per heavy atom. The predicted molar refractivity (Wildman–Crippen MR) is 53.0 cm³/mol. The van der Waals surface area contributed by atoms with Crippen LogP contribution in [0.2, 0.25) is 0 Å². The van der Waals surface area contributed by atoms with Crippen LogP contribution >= 0.6 is 0 Å². The molecule has 2 rings (SSSR count). The van der Waals surface area contributed by atoms with E-state index < -0.39 is 0 Å². The first-order valence-corrected chi connectivity index (χ1v) is 5.77. The quantitative estimate of drug-likeness (QED) is 0.512. The van der Waals surface area contributed by atoms with Crippen LogP contribution in [0.15, 0.2) is 0 Å². The molecule has 0 heterocycles. The summed E-state index contributed by atoms with van der Waals surface area (Å²) in [5, 5.41) is 0. The Kier molecular flexibility index (Phi) is 2.43. The minimum absolute atomic E-state index is 1.00. The van der Waals surface area contributed by atoms with Gasteiger partial charge in [0, 0.05) is 0 Å². The molecule has 2 aliphatic carbocycles. The lowest BCUT2D eigenvalue weighted by Crippen LogP contribution is -2.31. The van der Waals surface area contributed by atoms with Crippen molar-refractivity contribution in [1.29, 1.82) is 0 Å². The molecule has 0 aromatic heterocycles. The average Bonchev–Trinajstić information content (AvgIpc) is 2.07. The first kappa shape index (κ1) is 8.59. The Balaban J connectivity index is 1.98. The van der Waals surface area contributed by atoms with Crippen LogP contribution in [0.25, 0.3) is 0 Å². The highest BCUT2D eigenvalue weighted by molar-refractivity contribution is 4.84. The van der Waals surface area contributed by atoms with Crippen molar-refractivity contribution in [1.82, 2.24) is 0 Å². The van der Waals surface area contributed by atoms with E-state index in [0.717, 1.165) is 23.7 Å². The van der Waals surface area contributed by atoms with Gasteiger partial charge in [0.1, 0.15) is 0 Å². The van der Waals surface area contributed by atoms with E-state index in [2.05, 4.69) is 13.8 Å². The fraction of sp³-hybridized carbons (Fsp3) is 1.00. The Morgan fingerprint density at radius 3 is 1.58 bits per heavy atom. The average molecular weight is 166 g/mol. The lowest BCUT2D eigenvalue weighted by atomic mass is 9.64. The smallest absolute Gasteiger partial charge is 0.0383 e. The largest absolute Gasteiger partial charge is 0.0622 e. The summed E-state index contributed by atoms with van der Waals surface area (Å²) in [5.41, 5.74) is 0. The van der Waals surface area contributed by atoms with E-state index in [0.29, 0.717) is 0 Å². The predicted octanol–water partition coefficient (Wildman–Crippen LogP) is 3.86. The van der Waals surface area contributed by atoms with Gasteiger partial charge in [0.25, 0.3) is 0 Å². The zero-order chi connectivity index (χ0) is 8.55. The molecule has 0 saturated heterocycles. The highest BCUT2D eigenvalue weighted by Crippen LogP contribution is 2.44. The van der Waals surface area contributed by atoms with Crippen LogP contribution in [-0.2, 0) is 0 Å². The lowest BCUT2D eigenvalue weighted by molar-refractivity contribution is 0.0942.